The van der Waals surface area contributed by atoms with Crippen molar-refractivity contribution in [3.05, 3.63) is 59.2 Å². The van der Waals surface area contributed by atoms with Gasteiger partial charge in [-0.25, -0.2) is 0 Å². The molecule has 0 aliphatic carbocycles. The molecule has 1 fully saturated rings. The summed E-state index contributed by atoms with van der Waals surface area (Å²) < 4.78 is 15.8. The first kappa shape index (κ1) is 18.3. The van der Waals surface area contributed by atoms with Crippen LogP contribution in [0.25, 0.3) is 0 Å². The van der Waals surface area contributed by atoms with Gasteiger partial charge in [0.15, 0.2) is 0 Å². The molecule has 0 radical (unpaired) electrons. The van der Waals surface area contributed by atoms with Crippen LogP contribution in [0.3, 0.4) is 0 Å². The lowest BCUT2D eigenvalue weighted by atomic mass is 9.84. The van der Waals surface area contributed by atoms with Gasteiger partial charge >= 0.3 is 0 Å². The first-order valence-electron chi connectivity index (χ1n) is 9.68. The Balaban J connectivity index is 1.51. The van der Waals surface area contributed by atoms with Crippen molar-refractivity contribution in [2.24, 2.45) is 0 Å². The highest BCUT2D eigenvalue weighted by atomic mass is 16.5. The van der Waals surface area contributed by atoms with E-state index in [0.717, 1.165) is 44.3 Å². The van der Waals surface area contributed by atoms with Crippen LogP contribution in [0.15, 0.2) is 42.5 Å². The smallest absolute Gasteiger partial charge is 0.254 e. The van der Waals surface area contributed by atoms with E-state index in [1.54, 1.807) is 7.11 Å². The van der Waals surface area contributed by atoms with Gasteiger partial charge in [0.05, 0.1) is 13.7 Å². The van der Waals surface area contributed by atoms with Gasteiger partial charge in [0, 0.05) is 44.2 Å². The van der Waals surface area contributed by atoms with Crippen molar-refractivity contribution in [1.82, 2.24) is 10.2 Å². The molecule has 27 heavy (non-hydrogen) atoms. The molecule has 5 heteroatoms. The van der Waals surface area contributed by atoms with Crippen molar-refractivity contribution < 1.29 is 14.2 Å². The van der Waals surface area contributed by atoms with E-state index >= 15 is 0 Å². The van der Waals surface area contributed by atoms with Crippen molar-refractivity contribution in [2.45, 2.75) is 18.6 Å². The number of aliphatic hydroxyl groups is 1. The van der Waals surface area contributed by atoms with Crippen LogP contribution in [0, 0.1) is 0 Å². The van der Waals surface area contributed by atoms with Crippen LogP contribution in [0.2, 0.25) is 0 Å². The number of nitrogens with one attached hydrogen (secondary N) is 1. The summed E-state index contributed by atoms with van der Waals surface area (Å²) in [7, 11) is 3.89. The maximum Gasteiger partial charge on any atom is 0.254 e. The number of nitrogens with zero attached hydrogens (tertiary/aromatic N) is 1. The summed E-state index contributed by atoms with van der Waals surface area (Å²) in [5, 5.41) is 3.36. The summed E-state index contributed by atoms with van der Waals surface area (Å²) in [5.74, 6) is 2.33. The fourth-order valence-electron chi connectivity index (χ4n) is 4.00. The van der Waals surface area contributed by atoms with E-state index in [0.29, 0.717) is 12.5 Å². The van der Waals surface area contributed by atoms with E-state index in [1.807, 2.05) is 12.1 Å². The molecule has 0 saturated carbocycles. The minimum Gasteiger partial charge on any atom is -0.581 e. The van der Waals surface area contributed by atoms with Crippen LogP contribution < -0.4 is 10.1 Å². The Kier molecular flexibility index (Phi) is 5.62. The molecular formula is C22H29N2O3+. The number of hydrogen-bond donors (Lipinski definition) is 1. The lowest BCUT2D eigenvalue weighted by molar-refractivity contribution is -0.0604. The summed E-state index contributed by atoms with van der Waals surface area (Å²) >= 11 is 0. The second-order valence-electron chi connectivity index (χ2n) is 7.44. The first-order chi connectivity index (χ1) is 13.2. The van der Waals surface area contributed by atoms with Gasteiger partial charge in [-0.3, -0.25) is 0 Å². The van der Waals surface area contributed by atoms with Gasteiger partial charge in [-0.1, -0.05) is 12.1 Å². The molecule has 0 spiro atoms. The molecule has 1 saturated heterocycles. The largest absolute Gasteiger partial charge is 0.581 e. The summed E-state index contributed by atoms with van der Waals surface area (Å²) in [5.41, 5.74) is 4.11. The summed E-state index contributed by atoms with van der Waals surface area (Å²) in [6, 6.07) is 15.1. The molecule has 2 aromatic carbocycles. The number of rotatable bonds is 5. The van der Waals surface area contributed by atoms with Gasteiger partial charge < -0.3 is 24.4 Å². The molecule has 144 valence electrons. The zero-order chi connectivity index (χ0) is 18.6. The molecule has 1 unspecified atom stereocenters. The minimum absolute atomic E-state index is 0.185. The summed E-state index contributed by atoms with van der Waals surface area (Å²) in [6.45, 7) is 5.30. The van der Waals surface area contributed by atoms with Crippen molar-refractivity contribution >= 4 is 0 Å². The zero-order valence-corrected chi connectivity index (χ0v) is 16.1. The second kappa shape index (κ2) is 8.30. The Morgan fingerprint density at radius 2 is 2.07 bits per heavy atom. The highest BCUT2D eigenvalue weighted by molar-refractivity contribution is 5.44. The van der Waals surface area contributed by atoms with E-state index in [9.17, 15) is 0 Å². The van der Waals surface area contributed by atoms with Crippen molar-refractivity contribution in [3.63, 3.8) is 0 Å². The normalized spacial score (nSPS) is 22.9. The van der Waals surface area contributed by atoms with E-state index < -0.39 is 0 Å². The Morgan fingerprint density at radius 3 is 2.81 bits per heavy atom. The first-order valence-corrected chi connectivity index (χ1v) is 9.68. The average molecular weight is 369 g/mol. The molecule has 2 heterocycles. The maximum atomic E-state index is 5.75. The molecular weight excluding hydrogens is 340 g/mol. The monoisotopic (exact) mass is 369 g/mol. The number of morpholine rings is 1. The molecule has 2 atom stereocenters. The second-order valence-corrected chi connectivity index (χ2v) is 7.44. The lowest BCUT2D eigenvalue weighted by Gasteiger charge is -2.32. The Morgan fingerprint density at radius 1 is 1.22 bits per heavy atom. The van der Waals surface area contributed by atoms with Gasteiger partial charge in [-0.2, -0.15) is 0 Å². The van der Waals surface area contributed by atoms with Gasteiger partial charge in [-0.15, -0.1) is 0 Å². The lowest BCUT2D eigenvalue weighted by Crippen LogP contribution is -2.41. The van der Waals surface area contributed by atoms with Crippen molar-refractivity contribution in [1.29, 1.82) is 0 Å². The molecule has 4 rings (SSSR count). The molecule has 2 aliphatic rings. The number of ether oxygens (including phenoxy) is 3. The van der Waals surface area contributed by atoms with E-state index in [2.05, 4.69) is 47.6 Å². The minimum atomic E-state index is 0.185. The van der Waals surface area contributed by atoms with Gasteiger partial charge in [0.2, 0.25) is 6.61 Å². The number of likely N-dealkylation sites (N-methyl/N-ethyl adjacent to an activating group) is 1. The van der Waals surface area contributed by atoms with Crippen LogP contribution >= 0.6 is 0 Å². The van der Waals surface area contributed by atoms with Crippen LogP contribution in [0.5, 0.6) is 11.5 Å². The van der Waals surface area contributed by atoms with E-state index in [4.69, 9.17) is 14.2 Å². The summed E-state index contributed by atoms with van der Waals surface area (Å²) in [4.78, 5) is 2.38. The molecule has 0 amide bonds. The highest BCUT2D eigenvalue weighted by Crippen LogP contribution is 2.35. The fourth-order valence-corrected chi connectivity index (χ4v) is 4.00. The maximum absolute atomic E-state index is 5.75. The third kappa shape index (κ3) is 4.26. The average Bonchev–Trinajstić information content (AvgIpc) is 2.72. The predicted molar refractivity (Wildman–Crippen MR) is 107 cm³/mol. The molecule has 2 aliphatic heterocycles. The molecule has 0 aromatic heterocycles. The van der Waals surface area contributed by atoms with Gasteiger partial charge in [0.25, 0.3) is 5.75 Å². The number of methoxy groups -OCH3 is 1. The number of fused-ring (bicyclic) bond motifs is 1. The van der Waals surface area contributed by atoms with Crippen LogP contribution in [0.1, 0.15) is 22.6 Å². The number of hydrogen-bond acceptors (Lipinski definition) is 4. The zero-order valence-electron chi connectivity index (χ0n) is 16.1. The molecule has 0 bridgehead atoms. The van der Waals surface area contributed by atoms with Gasteiger partial charge in [-0.05, 0) is 41.9 Å². The fraction of sp³-hybridized carbons (Fsp3) is 0.455. The molecule has 5 nitrogen and oxygen atoms in total. The van der Waals surface area contributed by atoms with E-state index in [-0.39, 0.29) is 6.10 Å². The van der Waals surface area contributed by atoms with Crippen molar-refractivity contribution in [2.75, 3.05) is 47.0 Å². The van der Waals surface area contributed by atoms with E-state index in [1.165, 1.54) is 16.7 Å². The quantitative estimate of drug-likeness (QED) is 0.823. The number of aromatic hydroxyl groups is 1. The Hall–Kier alpha value is -2.08. The van der Waals surface area contributed by atoms with Gasteiger partial charge in [0.1, 0.15) is 11.9 Å². The molecule has 2 aromatic rings. The third-order valence-corrected chi connectivity index (χ3v) is 5.44. The Bertz CT molecular complexity index is 757. The van der Waals surface area contributed by atoms with Crippen molar-refractivity contribution in [3.8, 4) is 11.5 Å². The van der Waals surface area contributed by atoms with Crippen LogP contribution in [-0.4, -0.2) is 62.7 Å². The van der Waals surface area contributed by atoms with Crippen LogP contribution in [-0.2, 0) is 11.3 Å². The topological polar surface area (TPSA) is 46.5 Å². The summed E-state index contributed by atoms with van der Waals surface area (Å²) in [6.07, 6.45) is 0.185. The SMILES string of the molecule is COc1ccc(C2CN(C)Cc3cc([OH+]C[C@H]4CNCCO4)ccc32)cc1. The number of benzene rings is 2. The Labute approximate surface area is 161 Å². The molecule has 2 N–H and O–H groups in total. The predicted octanol–water partition coefficient (Wildman–Crippen LogP) is 2.50. The highest BCUT2D eigenvalue weighted by Gasteiger charge is 2.26. The van der Waals surface area contributed by atoms with Crippen LogP contribution in [0.4, 0.5) is 0 Å². The third-order valence-electron chi connectivity index (χ3n) is 5.44. The standard InChI is InChI=1S/C22H28N2O3/c1-24-13-17-11-19(27-15-20-12-23-9-10-26-20)7-8-21(17)22(14-24)16-3-5-18(25-2)6-4-16/h3-8,11,20,22-23H,9-10,12-15H2,1-2H3/p+1/t20-,22?/m1/s1.